The summed E-state index contributed by atoms with van der Waals surface area (Å²) in [7, 11) is 0. The lowest BCUT2D eigenvalue weighted by atomic mass is 10.0. The molecule has 0 aliphatic rings. The molecule has 1 N–H and O–H groups in total. The van der Waals surface area contributed by atoms with Gasteiger partial charge in [0, 0.05) is 5.02 Å². The second-order valence-corrected chi connectivity index (χ2v) is 7.06. The molecule has 0 aliphatic heterocycles. The van der Waals surface area contributed by atoms with Crippen LogP contribution in [0.15, 0.2) is 66.7 Å². The SMILES string of the molecule is CC(C)Oc1ccc(-c2ccc(OCc3cccc(Cl)c3)c(C(=O)O)c2)cc1. The third-order valence-electron chi connectivity index (χ3n) is 4.05. The molecule has 4 nitrogen and oxygen atoms in total. The Labute approximate surface area is 169 Å². The first-order chi connectivity index (χ1) is 13.4. The molecule has 0 heterocycles. The average Bonchev–Trinajstić information content (AvgIpc) is 2.66. The fourth-order valence-corrected chi connectivity index (χ4v) is 3.00. The summed E-state index contributed by atoms with van der Waals surface area (Å²) >= 11 is 5.98. The highest BCUT2D eigenvalue weighted by Gasteiger charge is 2.14. The number of carboxylic acids is 1. The maximum atomic E-state index is 11.7. The van der Waals surface area contributed by atoms with E-state index >= 15 is 0 Å². The average molecular weight is 397 g/mol. The van der Waals surface area contributed by atoms with Crippen molar-refractivity contribution in [2.45, 2.75) is 26.6 Å². The molecule has 0 atom stereocenters. The number of aromatic carboxylic acids is 1. The minimum absolute atomic E-state index is 0.0976. The molecule has 3 aromatic rings. The molecule has 3 aromatic carbocycles. The van der Waals surface area contributed by atoms with E-state index in [4.69, 9.17) is 21.1 Å². The molecule has 144 valence electrons. The third-order valence-corrected chi connectivity index (χ3v) is 4.29. The van der Waals surface area contributed by atoms with Crippen LogP contribution in [-0.2, 0) is 6.61 Å². The smallest absolute Gasteiger partial charge is 0.339 e. The van der Waals surface area contributed by atoms with E-state index in [1.807, 2.05) is 56.3 Å². The van der Waals surface area contributed by atoms with Gasteiger partial charge in [-0.3, -0.25) is 0 Å². The van der Waals surface area contributed by atoms with Crippen LogP contribution in [0.4, 0.5) is 0 Å². The zero-order valence-electron chi connectivity index (χ0n) is 15.7. The van der Waals surface area contributed by atoms with Gasteiger partial charge in [0.1, 0.15) is 23.7 Å². The number of rotatable bonds is 7. The number of hydrogen-bond acceptors (Lipinski definition) is 3. The van der Waals surface area contributed by atoms with E-state index < -0.39 is 5.97 Å². The molecule has 0 fully saturated rings. The monoisotopic (exact) mass is 396 g/mol. The Morgan fingerprint density at radius 3 is 2.36 bits per heavy atom. The molecule has 0 saturated carbocycles. The van der Waals surface area contributed by atoms with Gasteiger partial charge in [0.2, 0.25) is 0 Å². The molecule has 0 bridgehead atoms. The van der Waals surface area contributed by atoms with E-state index in [-0.39, 0.29) is 18.3 Å². The first-order valence-corrected chi connectivity index (χ1v) is 9.32. The van der Waals surface area contributed by atoms with Gasteiger partial charge in [-0.1, -0.05) is 41.9 Å². The lowest BCUT2D eigenvalue weighted by Crippen LogP contribution is -2.05. The summed E-state index contributed by atoms with van der Waals surface area (Å²) in [6.07, 6.45) is 0.0976. The van der Waals surface area contributed by atoms with Crippen LogP contribution >= 0.6 is 11.6 Å². The van der Waals surface area contributed by atoms with E-state index in [1.54, 1.807) is 24.3 Å². The largest absolute Gasteiger partial charge is 0.491 e. The molecular formula is C23H21ClO4. The van der Waals surface area contributed by atoms with Crippen molar-refractivity contribution in [3.05, 3.63) is 82.9 Å². The third kappa shape index (κ3) is 5.05. The van der Waals surface area contributed by atoms with Crippen molar-refractivity contribution in [2.75, 3.05) is 0 Å². The molecular weight excluding hydrogens is 376 g/mol. The highest BCUT2D eigenvalue weighted by atomic mass is 35.5. The van der Waals surface area contributed by atoms with Crippen LogP contribution in [0.1, 0.15) is 29.8 Å². The van der Waals surface area contributed by atoms with Crippen LogP contribution < -0.4 is 9.47 Å². The predicted octanol–water partition coefficient (Wildman–Crippen LogP) is 6.07. The number of benzene rings is 3. The standard InChI is InChI=1S/C23H21ClO4/c1-15(2)28-20-9-6-17(7-10-20)18-8-11-22(21(13-18)23(25)26)27-14-16-4-3-5-19(24)12-16/h3-13,15H,14H2,1-2H3,(H,25,26). The van der Waals surface area contributed by atoms with Crippen molar-refractivity contribution in [3.63, 3.8) is 0 Å². The van der Waals surface area contributed by atoms with Gasteiger partial charge in [-0.05, 0) is 66.9 Å². The molecule has 0 aliphatic carbocycles. The minimum Gasteiger partial charge on any atom is -0.491 e. The van der Waals surface area contributed by atoms with Crippen LogP contribution in [-0.4, -0.2) is 17.2 Å². The maximum Gasteiger partial charge on any atom is 0.339 e. The van der Waals surface area contributed by atoms with Gasteiger partial charge >= 0.3 is 5.97 Å². The molecule has 5 heteroatoms. The Morgan fingerprint density at radius 1 is 1.00 bits per heavy atom. The summed E-state index contributed by atoms with van der Waals surface area (Å²) in [5.41, 5.74) is 2.68. The summed E-state index contributed by atoms with van der Waals surface area (Å²) in [6.45, 7) is 4.17. The molecule has 0 radical (unpaired) electrons. The van der Waals surface area contributed by atoms with Gasteiger partial charge in [-0.15, -0.1) is 0 Å². The predicted molar refractivity (Wildman–Crippen MR) is 110 cm³/mol. The number of carbonyl (C=O) groups is 1. The van der Waals surface area contributed by atoms with Gasteiger partial charge in [-0.2, -0.15) is 0 Å². The number of ether oxygens (including phenoxy) is 2. The summed E-state index contributed by atoms with van der Waals surface area (Å²) in [5.74, 6) is 0.0531. The summed E-state index contributed by atoms with van der Waals surface area (Å²) in [6, 6.07) is 20.0. The van der Waals surface area contributed by atoms with Gasteiger partial charge in [-0.25, -0.2) is 4.79 Å². The Hall–Kier alpha value is -2.98. The van der Waals surface area contributed by atoms with Crippen molar-refractivity contribution in [2.24, 2.45) is 0 Å². The number of carboxylic acid groups (broad SMARTS) is 1. The van der Waals surface area contributed by atoms with Gasteiger partial charge in [0.25, 0.3) is 0 Å². The fraction of sp³-hybridized carbons (Fsp3) is 0.174. The lowest BCUT2D eigenvalue weighted by Gasteiger charge is -2.12. The summed E-state index contributed by atoms with van der Waals surface area (Å²) in [5, 5.41) is 10.2. The highest BCUT2D eigenvalue weighted by Crippen LogP contribution is 2.29. The molecule has 0 saturated heterocycles. The van der Waals surface area contributed by atoms with Crippen LogP contribution in [0.5, 0.6) is 11.5 Å². The zero-order chi connectivity index (χ0) is 20.1. The molecule has 0 amide bonds. The van der Waals surface area contributed by atoms with Crippen molar-refractivity contribution in [3.8, 4) is 22.6 Å². The van der Waals surface area contributed by atoms with Crippen LogP contribution in [0, 0.1) is 0 Å². The minimum atomic E-state index is -1.04. The molecule has 0 aromatic heterocycles. The first kappa shape index (κ1) is 19.8. The number of halogens is 1. The molecule has 0 spiro atoms. The van der Waals surface area contributed by atoms with Crippen molar-refractivity contribution in [1.82, 2.24) is 0 Å². The van der Waals surface area contributed by atoms with E-state index in [2.05, 4.69) is 0 Å². The van der Waals surface area contributed by atoms with Gasteiger partial charge < -0.3 is 14.6 Å². The van der Waals surface area contributed by atoms with Crippen LogP contribution in [0.2, 0.25) is 5.02 Å². The second-order valence-electron chi connectivity index (χ2n) is 6.63. The van der Waals surface area contributed by atoms with Crippen molar-refractivity contribution < 1.29 is 19.4 Å². The van der Waals surface area contributed by atoms with Crippen molar-refractivity contribution >= 4 is 17.6 Å². The fourth-order valence-electron chi connectivity index (χ4n) is 2.79. The quantitative estimate of drug-likeness (QED) is 0.526. The van der Waals surface area contributed by atoms with E-state index in [0.717, 1.165) is 22.4 Å². The molecule has 28 heavy (non-hydrogen) atoms. The Morgan fingerprint density at radius 2 is 1.71 bits per heavy atom. The number of hydrogen-bond donors (Lipinski definition) is 1. The normalized spacial score (nSPS) is 10.7. The van der Waals surface area contributed by atoms with Crippen molar-refractivity contribution in [1.29, 1.82) is 0 Å². The van der Waals surface area contributed by atoms with E-state index in [0.29, 0.717) is 10.8 Å². The lowest BCUT2D eigenvalue weighted by molar-refractivity contribution is 0.0692. The van der Waals surface area contributed by atoms with Gasteiger partial charge in [0.05, 0.1) is 6.10 Å². The summed E-state index contributed by atoms with van der Waals surface area (Å²) in [4.78, 5) is 11.7. The Balaban J connectivity index is 1.81. The molecule has 3 rings (SSSR count). The highest BCUT2D eigenvalue weighted by molar-refractivity contribution is 6.30. The van der Waals surface area contributed by atoms with Crippen LogP contribution in [0.25, 0.3) is 11.1 Å². The van der Waals surface area contributed by atoms with E-state index in [9.17, 15) is 9.90 Å². The summed E-state index contributed by atoms with van der Waals surface area (Å²) < 4.78 is 11.4. The Bertz CT molecular complexity index is 965. The second kappa shape index (κ2) is 8.81. The first-order valence-electron chi connectivity index (χ1n) is 8.94. The maximum absolute atomic E-state index is 11.7. The van der Waals surface area contributed by atoms with E-state index in [1.165, 1.54) is 0 Å². The van der Waals surface area contributed by atoms with Crippen LogP contribution in [0.3, 0.4) is 0 Å². The van der Waals surface area contributed by atoms with Gasteiger partial charge in [0.15, 0.2) is 0 Å². The molecule has 0 unspecified atom stereocenters. The topological polar surface area (TPSA) is 55.8 Å². The Kier molecular flexibility index (Phi) is 6.22. The zero-order valence-corrected chi connectivity index (χ0v) is 16.4.